The van der Waals surface area contributed by atoms with Gasteiger partial charge in [0.15, 0.2) is 0 Å². The van der Waals surface area contributed by atoms with Crippen LogP contribution in [0.2, 0.25) is 0 Å². The molecule has 5 rings (SSSR count). The van der Waals surface area contributed by atoms with E-state index in [4.69, 9.17) is 4.74 Å². The minimum absolute atomic E-state index is 0.0526. The number of carbonyl (C=O) groups excluding carboxylic acids is 4. The van der Waals surface area contributed by atoms with E-state index in [1.807, 2.05) is 0 Å². The number of benzene rings is 3. The van der Waals surface area contributed by atoms with Crippen molar-refractivity contribution in [1.29, 1.82) is 0 Å². The number of thioether (sulfide) groups is 1. The summed E-state index contributed by atoms with van der Waals surface area (Å²) in [7, 11) is 0. The normalized spacial score (nSPS) is 13.9. The Balaban J connectivity index is 1.27. The molecule has 11 nitrogen and oxygen atoms in total. The third kappa shape index (κ3) is 9.21. The van der Waals surface area contributed by atoms with Gasteiger partial charge in [0.05, 0.1) is 22.8 Å². The Morgan fingerprint density at radius 3 is 2.49 bits per heavy atom. The number of carbonyl (C=O) groups is 4. The van der Waals surface area contributed by atoms with Crippen LogP contribution < -0.4 is 16.0 Å². The molecule has 1 aliphatic rings. The Hall–Kier alpha value is -5.27. The second kappa shape index (κ2) is 16.2. The largest absolute Gasteiger partial charge is 0.462 e. The first kappa shape index (κ1) is 35.0. The van der Waals surface area contributed by atoms with E-state index < -0.39 is 22.7 Å². The summed E-state index contributed by atoms with van der Waals surface area (Å²) in [6, 6.07) is 20.9. The predicted molar refractivity (Wildman–Crippen MR) is 191 cm³/mol. The van der Waals surface area contributed by atoms with E-state index in [1.54, 1.807) is 61.5 Å². The van der Waals surface area contributed by atoms with Gasteiger partial charge in [-0.2, -0.15) is 0 Å². The summed E-state index contributed by atoms with van der Waals surface area (Å²) < 4.78 is 5.31. The van der Waals surface area contributed by atoms with Crippen LogP contribution in [0.15, 0.2) is 89.5 Å². The summed E-state index contributed by atoms with van der Waals surface area (Å²) in [5.74, 6) is -1.29. The number of nitrogens with one attached hydrogen (secondary N) is 3. The molecule has 3 N–H and O–H groups in total. The van der Waals surface area contributed by atoms with Gasteiger partial charge < -0.3 is 20.7 Å². The van der Waals surface area contributed by atoms with Crippen LogP contribution in [0, 0.1) is 16.0 Å². The monoisotopic (exact) mass is 698 g/mol. The predicted octanol–water partition coefficient (Wildman–Crippen LogP) is 7.10. The molecular formula is C36H34N4O7S2. The summed E-state index contributed by atoms with van der Waals surface area (Å²) in [5, 5.41) is 19.9. The van der Waals surface area contributed by atoms with Crippen LogP contribution in [0.25, 0.3) is 6.08 Å². The molecule has 49 heavy (non-hydrogen) atoms. The zero-order valence-electron chi connectivity index (χ0n) is 26.8. The lowest BCUT2D eigenvalue weighted by Gasteiger charge is -2.18. The van der Waals surface area contributed by atoms with Gasteiger partial charge in [-0.15, -0.1) is 23.1 Å². The summed E-state index contributed by atoms with van der Waals surface area (Å²) in [4.78, 5) is 64.7. The van der Waals surface area contributed by atoms with Gasteiger partial charge in [-0.25, -0.2) is 4.79 Å². The Bertz CT molecular complexity index is 1910. The molecule has 4 aromatic rings. The first-order valence-corrected chi connectivity index (χ1v) is 17.4. The van der Waals surface area contributed by atoms with Crippen LogP contribution in [0.1, 0.15) is 57.0 Å². The zero-order valence-corrected chi connectivity index (χ0v) is 28.5. The highest BCUT2D eigenvalue weighted by atomic mass is 32.2. The second-order valence-corrected chi connectivity index (χ2v) is 13.5. The lowest BCUT2D eigenvalue weighted by atomic mass is 9.88. The van der Waals surface area contributed by atoms with Crippen molar-refractivity contribution >= 4 is 69.2 Å². The summed E-state index contributed by atoms with van der Waals surface area (Å²) in [6.07, 6.45) is 4.03. The minimum Gasteiger partial charge on any atom is -0.462 e. The van der Waals surface area contributed by atoms with Crippen molar-refractivity contribution in [3.8, 4) is 0 Å². The Morgan fingerprint density at radius 1 is 1.02 bits per heavy atom. The Labute approximate surface area is 291 Å². The van der Waals surface area contributed by atoms with E-state index in [0.717, 1.165) is 29.7 Å². The number of nitro benzene ring substituents is 1. The SMILES string of the molecule is CCOC(=O)c1c(NC(=O)CSc2cccc(NC(=O)/C(=C\c3ccc([N+](=O)[O-])cc3)NC(=O)c3ccccc3)c2)sc2c1CCC(C)C2. The molecule has 1 aromatic heterocycles. The van der Waals surface area contributed by atoms with Gasteiger partial charge in [0.2, 0.25) is 5.91 Å². The topological polar surface area (TPSA) is 157 Å². The fraction of sp³-hybridized carbons (Fsp3) is 0.222. The smallest absolute Gasteiger partial charge is 0.341 e. The summed E-state index contributed by atoms with van der Waals surface area (Å²) >= 11 is 2.69. The van der Waals surface area contributed by atoms with Crippen LogP contribution in [0.3, 0.4) is 0 Å². The second-order valence-electron chi connectivity index (χ2n) is 11.3. The third-order valence-electron chi connectivity index (χ3n) is 7.65. The van der Waals surface area contributed by atoms with Crippen molar-refractivity contribution in [3.05, 3.63) is 122 Å². The van der Waals surface area contributed by atoms with Crippen molar-refractivity contribution in [1.82, 2.24) is 5.32 Å². The van der Waals surface area contributed by atoms with Crippen molar-refractivity contribution < 1.29 is 28.8 Å². The Kier molecular flexibility index (Phi) is 11.6. The number of ether oxygens (including phenoxy) is 1. The number of nitro groups is 1. The minimum atomic E-state index is -0.620. The third-order valence-corrected chi connectivity index (χ3v) is 9.81. The van der Waals surface area contributed by atoms with E-state index in [-0.39, 0.29) is 29.7 Å². The molecule has 0 aliphatic heterocycles. The molecule has 3 amide bonds. The van der Waals surface area contributed by atoms with Crippen molar-refractivity contribution in [2.24, 2.45) is 5.92 Å². The van der Waals surface area contributed by atoms with Crippen molar-refractivity contribution in [3.63, 3.8) is 0 Å². The number of fused-ring (bicyclic) bond motifs is 1. The zero-order chi connectivity index (χ0) is 34.9. The molecule has 252 valence electrons. The maximum Gasteiger partial charge on any atom is 0.341 e. The molecule has 13 heteroatoms. The van der Waals surface area contributed by atoms with Gasteiger partial charge in [-0.1, -0.05) is 31.2 Å². The van der Waals surface area contributed by atoms with Crippen molar-refractivity contribution in [2.75, 3.05) is 23.0 Å². The van der Waals surface area contributed by atoms with E-state index in [2.05, 4.69) is 22.9 Å². The van der Waals surface area contributed by atoms with Gasteiger partial charge in [0.1, 0.15) is 10.7 Å². The van der Waals surface area contributed by atoms with Gasteiger partial charge in [-0.05, 0) is 91.8 Å². The van der Waals surface area contributed by atoms with Crippen LogP contribution >= 0.6 is 23.1 Å². The summed E-state index contributed by atoms with van der Waals surface area (Å²) in [6.45, 7) is 4.17. The fourth-order valence-corrected chi connectivity index (χ4v) is 7.40. The number of hydrogen-bond donors (Lipinski definition) is 3. The number of anilines is 2. The Morgan fingerprint density at radius 2 is 1.78 bits per heavy atom. The maximum atomic E-state index is 13.5. The highest BCUT2D eigenvalue weighted by Gasteiger charge is 2.29. The number of non-ortho nitro benzene ring substituents is 1. The highest BCUT2D eigenvalue weighted by molar-refractivity contribution is 8.00. The van der Waals surface area contributed by atoms with E-state index in [9.17, 15) is 29.3 Å². The van der Waals surface area contributed by atoms with Crippen LogP contribution in [-0.4, -0.2) is 41.0 Å². The lowest BCUT2D eigenvalue weighted by molar-refractivity contribution is -0.384. The highest BCUT2D eigenvalue weighted by Crippen LogP contribution is 2.40. The molecule has 1 aliphatic carbocycles. The maximum absolute atomic E-state index is 13.5. The first-order chi connectivity index (χ1) is 23.6. The molecule has 0 spiro atoms. The summed E-state index contributed by atoms with van der Waals surface area (Å²) in [5.41, 5.74) is 2.46. The molecule has 0 saturated heterocycles. The number of amides is 3. The molecule has 1 atom stereocenters. The van der Waals surface area contributed by atoms with Crippen LogP contribution in [0.5, 0.6) is 0 Å². The molecular weight excluding hydrogens is 665 g/mol. The fourth-order valence-electron chi connectivity index (χ4n) is 5.23. The van der Waals surface area contributed by atoms with Crippen molar-refractivity contribution in [2.45, 2.75) is 38.0 Å². The average molecular weight is 699 g/mol. The quantitative estimate of drug-likeness (QED) is 0.0465. The van der Waals surface area contributed by atoms with Gasteiger partial charge >= 0.3 is 5.97 Å². The molecule has 3 aromatic carbocycles. The number of hydrogen-bond acceptors (Lipinski definition) is 9. The number of nitrogens with zero attached hydrogens (tertiary/aromatic N) is 1. The van der Waals surface area contributed by atoms with Crippen LogP contribution in [-0.2, 0) is 27.2 Å². The van der Waals surface area contributed by atoms with Gasteiger partial charge in [-0.3, -0.25) is 24.5 Å². The lowest BCUT2D eigenvalue weighted by Crippen LogP contribution is -2.30. The molecule has 0 fully saturated rings. The molecule has 0 bridgehead atoms. The molecule has 1 heterocycles. The van der Waals surface area contributed by atoms with Gasteiger partial charge in [0.25, 0.3) is 17.5 Å². The standard InChI is InChI=1S/C36H34N4O7S2/c1-3-47-36(44)32-28-17-12-22(2)18-30(28)49-35(32)39-31(41)21-48-27-11-7-10-25(20-27)37-34(43)29(38-33(42)24-8-5-4-6-9-24)19-23-13-15-26(16-14-23)40(45)46/h4-11,13-16,19-20,22H,3,12,17-18,21H2,1-2H3,(H,37,43)(H,38,42)(H,39,41)/b29-19+. The van der Waals surface area contributed by atoms with E-state index in [0.29, 0.717) is 38.2 Å². The van der Waals surface area contributed by atoms with Crippen LogP contribution in [0.4, 0.5) is 16.4 Å². The van der Waals surface area contributed by atoms with E-state index in [1.165, 1.54) is 53.4 Å². The number of esters is 1. The molecule has 0 saturated carbocycles. The molecule has 1 unspecified atom stereocenters. The average Bonchev–Trinajstić information content (AvgIpc) is 3.44. The van der Waals surface area contributed by atoms with E-state index >= 15 is 0 Å². The number of thiophene rings is 1. The first-order valence-electron chi connectivity index (χ1n) is 15.6. The molecule has 0 radical (unpaired) electrons. The van der Waals surface area contributed by atoms with Gasteiger partial charge in [0, 0.05) is 33.2 Å². The number of rotatable bonds is 12.